The van der Waals surface area contributed by atoms with Gasteiger partial charge in [-0.25, -0.2) is 4.98 Å². The Hall–Kier alpha value is -1.93. The van der Waals surface area contributed by atoms with Crippen molar-refractivity contribution < 1.29 is 9.59 Å². The number of hydrogen-bond acceptors (Lipinski definition) is 5. The minimum absolute atomic E-state index is 0.0555. The second-order valence-electron chi connectivity index (χ2n) is 6.65. The van der Waals surface area contributed by atoms with E-state index in [0.717, 1.165) is 50.8 Å². The molecule has 0 aromatic carbocycles. The highest BCUT2D eigenvalue weighted by Crippen LogP contribution is 2.15. The fourth-order valence-electron chi connectivity index (χ4n) is 3.15. The van der Waals surface area contributed by atoms with Gasteiger partial charge < -0.3 is 19.7 Å². The van der Waals surface area contributed by atoms with E-state index < -0.39 is 0 Å². The molecular weight excluding hydrogens is 308 g/mol. The molecule has 0 aliphatic carbocycles. The monoisotopic (exact) mass is 334 g/mol. The van der Waals surface area contributed by atoms with Crippen molar-refractivity contribution in [1.82, 2.24) is 29.6 Å². The van der Waals surface area contributed by atoms with Gasteiger partial charge in [0.2, 0.25) is 11.8 Å². The molecule has 2 aliphatic rings. The summed E-state index contributed by atoms with van der Waals surface area (Å²) in [5.41, 5.74) is 1.07. The second kappa shape index (κ2) is 7.31. The average molecular weight is 334 g/mol. The molecule has 8 heteroatoms. The molecule has 1 N–H and O–H groups in total. The largest absolute Gasteiger partial charge is 0.347 e. The summed E-state index contributed by atoms with van der Waals surface area (Å²) < 4.78 is 2.15. The molecule has 24 heavy (non-hydrogen) atoms. The third-order valence-electron chi connectivity index (χ3n) is 4.67. The van der Waals surface area contributed by atoms with Gasteiger partial charge in [-0.1, -0.05) is 0 Å². The van der Waals surface area contributed by atoms with E-state index in [1.807, 2.05) is 0 Å². The third-order valence-corrected chi connectivity index (χ3v) is 4.67. The normalized spacial score (nSPS) is 19.2. The Labute approximate surface area is 142 Å². The van der Waals surface area contributed by atoms with Crippen molar-refractivity contribution in [3.63, 3.8) is 0 Å². The minimum Gasteiger partial charge on any atom is -0.347 e. The van der Waals surface area contributed by atoms with Crippen LogP contribution in [-0.4, -0.2) is 82.4 Å². The summed E-state index contributed by atoms with van der Waals surface area (Å²) in [5.74, 6) is 0.693. The van der Waals surface area contributed by atoms with Crippen LogP contribution < -0.4 is 5.32 Å². The number of hydrogen-bond donors (Lipinski definition) is 1. The van der Waals surface area contributed by atoms with Crippen LogP contribution in [0.2, 0.25) is 0 Å². The fourth-order valence-corrected chi connectivity index (χ4v) is 3.15. The van der Waals surface area contributed by atoms with E-state index in [4.69, 9.17) is 4.98 Å². The molecule has 0 saturated carbocycles. The molecule has 1 fully saturated rings. The highest BCUT2D eigenvalue weighted by atomic mass is 16.2. The Morgan fingerprint density at radius 3 is 2.62 bits per heavy atom. The number of carbonyl (C=O) groups is 2. The van der Waals surface area contributed by atoms with Gasteiger partial charge in [0.25, 0.3) is 0 Å². The van der Waals surface area contributed by atoms with Crippen LogP contribution in [0.4, 0.5) is 0 Å². The lowest BCUT2D eigenvalue weighted by Gasteiger charge is -2.31. The number of piperazine rings is 1. The molecule has 132 valence electrons. The highest BCUT2D eigenvalue weighted by molar-refractivity contribution is 5.83. The molecule has 0 atom stereocenters. The second-order valence-corrected chi connectivity index (χ2v) is 6.65. The first kappa shape index (κ1) is 16.9. The number of carbonyl (C=O) groups excluding carboxylic acids is 2. The molecule has 8 nitrogen and oxygen atoms in total. The maximum absolute atomic E-state index is 12.1. The third kappa shape index (κ3) is 4.12. The van der Waals surface area contributed by atoms with Gasteiger partial charge in [0.1, 0.15) is 5.82 Å². The number of fused-ring (bicyclic) bond motifs is 1. The first-order valence-corrected chi connectivity index (χ1v) is 8.49. The summed E-state index contributed by atoms with van der Waals surface area (Å²) in [4.78, 5) is 34.3. The van der Waals surface area contributed by atoms with Crippen LogP contribution in [0.15, 0.2) is 6.20 Å². The number of amides is 2. The SMILES string of the molecule is CC(=O)NCC(=O)N1CCn2cc(CN3CCN(C)CC3)nc2C1. The zero-order valence-corrected chi connectivity index (χ0v) is 14.5. The van der Waals surface area contributed by atoms with E-state index >= 15 is 0 Å². The highest BCUT2D eigenvalue weighted by Gasteiger charge is 2.23. The summed E-state index contributed by atoms with van der Waals surface area (Å²) in [7, 11) is 2.15. The van der Waals surface area contributed by atoms with Gasteiger partial charge in [-0.15, -0.1) is 0 Å². The lowest BCUT2D eigenvalue weighted by molar-refractivity contribution is -0.133. The van der Waals surface area contributed by atoms with Gasteiger partial charge >= 0.3 is 0 Å². The van der Waals surface area contributed by atoms with E-state index in [9.17, 15) is 9.59 Å². The molecule has 3 rings (SSSR count). The van der Waals surface area contributed by atoms with Crippen molar-refractivity contribution in [2.45, 2.75) is 26.6 Å². The predicted molar refractivity (Wildman–Crippen MR) is 89.1 cm³/mol. The summed E-state index contributed by atoms with van der Waals surface area (Å²) in [6, 6.07) is 0. The minimum atomic E-state index is -0.184. The average Bonchev–Trinajstić information content (AvgIpc) is 2.96. The number of aromatic nitrogens is 2. The van der Waals surface area contributed by atoms with E-state index in [0.29, 0.717) is 13.1 Å². The maximum atomic E-state index is 12.1. The molecular formula is C16H26N6O2. The lowest BCUT2D eigenvalue weighted by Crippen LogP contribution is -2.43. The quantitative estimate of drug-likeness (QED) is 0.773. The summed E-state index contributed by atoms with van der Waals surface area (Å²) in [5, 5.41) is 2.56. The molecule has 0 unspecified atom stereocenters. The Morgan fingerprint density at radius 1 is 1.17 bits per heavy atom. The van der Waals surface area contributed by atoms with Crippen LogP contribution in [-0.2, 0) is 29.2 Å². The molecule has 0 radical (unpaired) electrons. The van der Waals surface area contributed by atoms with Gasteiger partial charge in [0, 0.05) is 58.9 Å². The van der Waals surface area contributed by atoms with Gasteiger partial charge in [-0.3, -0.25) is 14.5 Å². The van der Waals surface area contributed by atoms with Crippen LogP contribution in [0.5, 0.6) is 0 Å². The van der Waals surface area contributed by atoms with Crippen LogP contribution in [0.25, 0.3) is 0 Å². The Bertz CT molecular complexity index is 606. The topological polar surface area (TPSA) is 73.7 Å². The summed E-state index contributed by atoms with van der Waals surface area (Å²) >= 11 is 0. The number of nitrogens with zero attached hydrogens (tertiary/aromatic N) is 5. The Morgan fingerprint density at radius 2 is 1.92 bits per heavy atom. The van der Waals surface area contributed by atoms with E-state index in [2.05, 4.69) is 32.9 Å². The maximum Gasteiger partial charge on any atom is 0.242 e. The van der Waals surface area contributed by atoms with Crippen molar-refractivity contribution in [1.29, 1.82) is 0 Å². The van der Waals surface area contributed by atoms with Crippen LogP contribution in [0, 0.1) is 0 Å². The van der Waals surface area contributed by atoms with Crippen molar-refractivity contribution in [3.8, 4) is 0 Å². The first-order chi connectivity index (χ1) is 11.5. The van der Waals surface area contributed by atoms with Gasteiger partial charge in [0.15, 0.2) is 0 Å². The van der Waals surface area contributed by atoms with Gasteiger partial charge in [-0.2, -0.15) is 0 Å². The molecule has 2 amide bonds. The lowest BCUT2D eigenvalue weighted by atomic mass is 10.3. The number of nitrogens with one attached hydrogen (secondary N) is 1. The van der Waals surface area contributed by atoms with Crippen molar-refractivity contribution >= 4 is 11.8 Å². The fraction of sp³-hybridized carbons (Fsp3) is 0.688. The molecule has 0 spiro atoms. The predicted octanol–water partition coefficient (Wildman–Crippen LogP) is -0.891. The molecule has 2 aliphatic heterocycles. The zero-order chi connectivity index (χ0) is 17.1. The molecule has 1 aromatic heterocycles. The van der Waals surface area contributed by atoms with Crippen LogP contribution >= 0.6 is 0 Å². The number of imidazole rings is 1. The van der Waals surface area contributed by atoms with E-state index in [-0.39, 0.29) is 18.4 Å². The number of likely N-dealkylation sites (N-methyl/N-ethyl adjacent to an activating group) is 1. The summed E-state index contributed by atoms with van der Waals surface area (Å²) in [6.45, 7) is 8.62. The van der Waals surface area contributed by atoms with Crippen LogP contribution in [0.3, 0.4) is 0 Å². The molecule has 1 saturated heterocycles. The van der Waals surface area contributed by atoms with Crippen LogP contribution in [0.1, 0.15) is 18.4 Å². The van der Waals surface area contributed by atoms with Crippen molar-refractivity contribution in [3.05, 3.63) is 17.7 Å². The van der Waals surface area contributed by atoms with E-state index in [1.54, 1.807) is 4.90 Å². The number of rotatable bonds is 4. The van der Waals surface area contributed by atoms with Crippen molar-refractivity contribution in [2.24, 2.45) is 0 Å². The molecule has 0 bridgehead atoms. The Kier molecular flexibility index (Phi) is 5.15. The van der Waals surface area contributed by atoms with E-state index in [1.165, 1.54) is 6.92 Å². The zero-order valence-electron chi connectivity index (χ0n) is 14.5. The Balaban J connectivity index is 1.56. The van der Waals surface area contributed by atoms with Gasteiger partial charge in [0.05, 0.1) is 18.8 Å². The first-order valence-electron chi connectivity index (χ1n) is 8.49. The smallest absolute Gasteiger partial charge is 0.242 e. The molecule has 1 aromatic rings. The standard InChI is InChI=1S/C16H26N6O2/c1-13(23)17-9-16(24)22-8-7-21-11-14(18-15(21)12-22)10-20-5-3-19(2)4-6-20/h11H,3-10,12H2,1-2H3,(H,17,23). The van der Waals surface area contributed by atoms with Crippen molar-refractivity contribution in [2.75, 3.05) is 46.3 Å². The summed E-state index contributed by atoms with van der Waals surface area (Å²) in [6.07, 6.45) is 2.11. The molecule has 3 heterocycles. The van der Waals surface area contributed by atoms with Gasteiger partial charge in [-0.05, 0) is 7.05 Å².